The van der Waals surface area contributed by atoms with Gasteiger partial charge < -0.3 is 5.73 Å². The third-order valence-electron chi connectivity index (χ3n) is 2.48. The van der Waals surface area contributed by atoms with Crippen LogP contribution in [0.5, 0.6) is 0 Å². The van der Waals surface area contributed by atoms with Crippen LogP contribution in [0, 0.1) is 12.8 Å². The molecule has 0 saturated heterocycles. The molecule has 0 radical (unpaired) electrons. The van der Waals surface area contributed by atoms with Crippen molar-refractivity contribution in [3.63, 3.8) is 0 Å². The maximum Gasteiger partial charge on any atom is 0.163 e. The fourth-order valence-corrected chi connectivity index (χ4v) is 1.43. The molecule has 2 aromatic heterocycles. The van der Waals surface area contributed by atoms with Gasteiger partial charge in [0.1, 0.15) is 6.33 Å². The minimum Gasteiger partial charge on any atom is -0.321 e. The summed E-state index contributed by atoms with van der Waals surface area (Å²) in [6.07, 6.45) is 1.72. The number of aryl methyl sites for hydroxylation is 1. The van der Waals surface area contributed by atoms with E-state index in [1.807, 2.05) is 17.4 Å². The second-order valence-electron chi connectivity index (χ2n) is 4.09. The van der Waals surface area contributed by atoms with Gasteiger partial charge in [-0.2, -0.15) is 0 Å². The number of fused-ring (bicyclic) bond motifs is 1. The van der Waals surface area contributed by atoms with Crippen molar-refractivity contribution in [1.82, 2.24) is 19.6 Å². The van der Waals surface area contributed by atoms with Crippen LogP contribution >= 0.6 is 0 Å². The first kappa shape index (κ1) is 10.0. The highest BCUT2D eigenvalue weighted by molar-refractivity contribution is 5.38. The zero-order valence-electron chi connectivity index (χ0n) is 9.18. The van der Waals surface area contributed by atoms with Crippen LogP contribution in [0.15, 0.2) is 12.4 Å². The molecular formula is C10H15N5. The van der Waals surface area contributed by atoms with Crippen molar-refractivity contribution in [2.45, 2.75) is 26.8 Å². The summed E-state index contributed by atoms with van der Waals surface area (Å²) in [6, 6.07) is 1.79. The normalized spacial score (nSPS) is 13.7. The number of nitrogens with zero attached hydrogens (tertiary/aromatic N) is 4. The first-order valence-corrected chi connectivity index (χ1v) is 5.02. The lowest BCUT2D eigenvalue weighted by atomic mass is 10.1. The van der Waals surface area contributed by atoms with Gasteiger partial charge in [-0.3, -0.25) is 4.40 Å². The molecule has 15 heavy (non-hydrogen) atoms. The number of hydrogen-bond acceptors (Lipinski definition) is 4. The van der Waals surface area contributed by atoms with Gasteiger partial charge in [0.05, 0.1) is 6.04 Å². The van der Waals surface area contributed by atoms with Crippen LogP contribution in [0.4, 0.5) is 0 Å². The first-order valence-electron chi connectivity index (χ1n) is 5.02. The summed E-state index contributed by atoms with van der Waals surface area (Å²) >= 11 is 0. The highest BCUT2D eigenvalue weighted by atomic mass is 15.3. The summed E-state index contributed by atoms with van der Waals surface area (Å²) in [5, 5.41) is 8.18. The molecule has 1 unspecified atom stereocenters. The SMILES string of the molecule is Cc1cc2nnc(C(N)C(C)C)n2cn1. The Morgan fingerprint density at radius 2 is 2.07 bits per heavy atom. The molecule has 0 saturated carbocycles. The third kappa shape index (κ3) is 1.70. The molecule has 0 aliphatic heterocycles. The van der Waals surface area contributed by atoms with E-state index >= 15 is 0 Å². The molecule has 0 aliphatic carbocycles. The minimum absolute atomic E-state index is 0.107. The predicted octanol–water partition coefficient (Wildman–Crippen LogP) is 1.09. The van der Waals surface area contributed by atoms with Crippen LogP contribution < -0.4 is 5.73 Å². The van der Waals surface area contributed by atoms with Gasteiger partial charge in [-0.15, -0.1) is 10.2 Å². The van der Waals surface area contributed by atoms with Gasteiger partial charge in [0.25, 0.3) is 0 Å². The maximum absolute atomic E-state index is 6.04. The van der Waals surface area contributed by atoms with Gasteiger partial charge in [-0.05, 0) is 12.8 Å². The monoisotopic (exact) mass is 205 g/mol. The van der Waals surface area contributed by atoms with Crippen molar-refractivity contribution >= 4 is 5.65 Å². The van der Waals surface area contributed by atoms with Crippen LogP contribution in [0.3, 0.4) is 0 Å². The Kier molecular flexibility index (Phi) is 2.40. The Balaban J connectivity index is 2.54. The summed E-state index contributed by atoms with van der Waals surface area (Å²) in [6.45, 7) is 6.05. The lowest BCUT2D eigenvalue weighted by molar-refractivity contribution is 0.486. The van der Waals surface area contributed by atoms with Crippen molar-refractivity contribution in [2.24, 2.45) is 11.7 Å². The Bertz CT molecular complexity index is 474. The van der Waals surface area contributed by atoms with Crippen molar-refractivity contribution in [2.75, 3.05) is 0 Å². The molecule has 5 heteroatoms. The second-order valence-corrected chi connectivity index (χ2v) is 4.09. The summed E-state index contributed by atoms with van der Waals surface area (Å²) < 4.78 is 1.84. The van der Waals surface area contributed by atoms with Gasteiger partial charge in [-0.25, -0.2) is 4.98 Å². The Hall–Kier alpha value is -1.49. The molecule has 0 aromatic carbocycles. The van der Waals surface area contributed by atoms with E-state index in [0.717, 1.165) is 17.2 Å². The number of nitrogens with two attached hydrogens (primary N) is 1. The first-order chi connectivity index (χ1) is 7.09. The molecule has 2 N–H and O–H groups in total. The molecule has 2 aromatic rings. The van der Waals surface area contributed by atoms with Crippen LogP contribution in [0.2, 0.25) is 0 Å². The number of aromatic nitrogens is 4. The van der Waals surface area contributed by atoms with Gasteiger partial charge in [-0.1, -0.05) is 13.8 Å². The summed E-state index contributed by atoms with van der Waals surface area (Å²) in [5.41, 5.74) is 7.77. The van der Waals surface area contributed by atoms with Crippen molar-refractivity contribution in [3.8, 4) is 0 Å². The van der Waals surface area contributed by atoms with Crippen molar-refractivity contribution in [3.05, 3.63) is 23.9 Å². The quantitative estimate of drug-likeness (QED) is 0.796. The lowest BCUT2D eigenvalue weighted by Crippen LogP contribution is -2.19. The van der Waals surface area contributed by atoms with Gasteiger partial charge in [0.15, 0.2) is 11.5 Å². The zero-order valence-corrected chi connectivity index (χ0v) is 9.18. The molecule has 0 aliphatic rings. The molecular weight excluding hydrogens is 190 g/mol. The predicted molar refractivity (Wildman–Crippen MR) is 57.3 cm³/mol. The molecule has 0 fully saturated rings. The van der Waals surface area contributed by atoms with E-state index < -0.39 is 0 Å². The number of hydrogen-bond donors (Lipinski definition) is 1. The van der Waals surface area contributed by atoms with Gasteiger partial charge >= 0.3 is 0 Å². The molecule has 0 spiro atoms. The van der Waals surface area contributed by atoms with Gasteiger partial charge in [0.2, 0.25) is 0 Å². The third-order valence-corrected chi connectivity index (χ3v) is 2.48. The van der Waals surface area contributed by atoms with E-state index in [0.29, 0.717) is 5.92 Å². The molecule has 0 amide bonds. The molecule has 5 nitrogen and oxygen atoms in total. The largest absolute Gasteiger partial charge is 0.321 e. The van der Waals surface area contributed by atoms with E-state index in [2.05, 4.69) is 29.0 Å². The molecule has 1 atom stereocenters. The molecule has 0 bridgehead atoms. The van der Waals surface area contributed by atoms with Gasteiger partial charge in [0, 0.05) is 11.8 Å². The van der Waals surface area contributed by atoms with Crippen molar-refractivity contribution in [1.29, 1.82) is 0 Å². The molecule has 2 heterocycles. The van der Waals surface area contributed by atoms with E-state index in [9.17, 15) is 0 Å². The van der Waals surface area contributed by atoms with Crippen LogP contribution in [-0.4, -0.2) is 19.6 Å². The highest BCUT2D eigenvalue weighted by Gasteiger charge is 2.17. The smallest absolute Gasteiger partial charge is 0.163 e. The standard InChI is InChI=1S/C10H15N5/c1-6(2)9(11)10-14-13-8-4-7(3)12-5-15(8)10/h4-6,9H,11H2,1-3H3. The second kappa shape index (κ2) is 3.58. The van der Waals surface area contributed by atoms with Crippen LogP contribution in [0.1, 0.15) is 31.4 Å². The highest BCUT2D eigenvalue weighted by Crippen LogP contribution is 2.17. The fourth-order valence-electron chi connectivity index (χ4n) is 1.43. The van der Waals surface area contributed by atoms with E-state index in [4.69, 9.17) is 5.73 Å². The van der Waals surface area contributed by atoms with E-state index in [-0.39, 0.29) is 6.04 Å². The molecule has 2 rings (SSSR count). The topological polar surface area (TPSA) is 69.1 Å². The Labute approximate surface area is 88.3 Å². The van der Waals surface area contributed by atoms with Crippen LogP contribution in [0.25, 0.3) is 5.65 Å². The zero-order chi connectivity index (χ0) is 11.0. The average Bonchev–Trinajstić information content (AvgIpc) is 2.59. The van der Waals surface area contributed by atoms with E-state index in [1.54, 1.807) is 6.33 Å². The average molecular weight is 205 g/mol. The molecule has 80 valence electrons. The summed E-state index contributed by atoms with van der Waals surface area (Å²) in [7, 11) is 0. The Morgan fingerprint density at radius 1 is 1.33 bits per heavy atom. The van der Waals surface area contributed by atoms with Crippen molar-refractivity contribution < 1.29 is 0 Å². The van der Waals surface area contributed by atoms with Crippen LogP contribution in [-0.2, 0) is 0 Å². The lowest BCUT2D eigenvalue weighted by Gasteiger charge is -2.12. The maximum atomic E-state index is 6.04. The minimum atomic E-state index is -0.107. The summed E-state index contributed by atoms with van der Waals surface area (Å²) in [4.78, 5) is 4.21. The van der Waals surface area contributed by atoms with E-state index in [1.165, 1.54) is 0 Å². The fraction of sp³-hybridized carbons (Fsp3) is 0.500. The Morgan fingerprint density at radius 3 is 2.73 bits per heavy atom. The number of rotatable bonds is 2. The summed E-state index contributed by atoms with van der Waals surface area (Å²) in [5.74, 6) is 1.10.